The fourth-order valence-corrected chi connectivity index (χ4v) is 6.52. The van der Waals surface area contributed by atoms with Crippen molar-refractivity contribution >= 4 is 31.6 Å². The van der Waals surface area contributed by atoms with E-state index in [1.807, 2.05) is 12.1 Å². The number of carbonyl (C=O) groups is 1. The van der Waals surface area contributed by atoms with Crippen molar-refractivity contribution in [2.45, 2.75) is 48.8 Å². The van der Waals surface area contributed by atoms with Crippen LogP contribution in [0.1, 0.15) is 59.2 Å². The molecule has 3 aromatic carbocycles. The zero-order chi connectivity index (χ0) is 31.4. The summed E-state index contributed by atoms with van der Waals surface area (Å²) in [5, 5.41) is 2.97. The van der Waals surface area contributed by atoms with Gasteiger partial charge in [0.1, 0.15) is 0 Å². The molecule has 0 saturated heterocycles. The van der Waals surface area contributed by atoms with Crippen molar-refractivity contribution < 1.29 is 39.0 Å². The molecule has 8 nitrogen and oxygen atoms in total. The minimum absolute atomic E-state index is 0.185. The van der Waals surface area contributed by atoms with Crippen LogP contribution in [0.3, 0.4) is 0 Å². The van der Waals surface area contributed by atoms with Crippen LogP contribution < -0.4 is 10.0 Å². The molecule has 0 bridgehead atoms. The molecular weight excluding hydrogens is 605 g/mol. The largest absolute Gasteiger partial charge is 0.416 e. The number of fused-ring (bicyclic) bond motifs is 1. The summed E-state index contributed by atoms with van der Waals surface area (Å²) in [7, 11) is -8.06. The Morgan fingerprint density at radius 3 is 2.42 bits per heavy atom. The molecule has 43 heavy (non-hydrogen) atoms. The van der Waals surface area contributed by atoms with Crippen LogP contribution in [0, 0.1) is 0 Å². The number of rotatable bonds is 11. The van der Waals surface area contributed by atoms with Crippen LogP contribution in [0.5, 0.6) is 0 Å². The van der Waals surface area contributed by atoms with E-state index in [1.165, 1.54) is 0 Å². The van der Waals surface area contributed by atoms with Crippen LogP contribution in [-0.4, -0.2) is 35.6 Å². The molecule has 0 aromatic heterocycles. The summed E-state index contributed by atoms with van der Waals surface area (Å²) in [6.07, 6.45) is -1.93. The van der Waals surface area contributed by atoms with Crippen molar-refractivity contribution in [2.75, 3.05) is 12.9 Å². The van der Waals surface area contributed by atoms with E-state index < -0.39 is 48.7 Å². The SMILES string of the molecule is C=C(COS(C)(=O)=O)c1ccc2c(c1)CCCC2NC(=O)CC(NS(=O)(=O)c1cccc(C(F)(F)F)c1)c1ccccc1. The maximum absolute atomic E-state index is 13.3. The van der Waals surface area contributed by atoms with E-state index in [2.05, 4.69) is 16.6 Å². The molecule has 2 N–H and O–H groups in total. The molecule has 0 radical (unpaired) electrons. The number of benzene rings is 3. The number of halogens is 3. The summed E-state index contributed by atoms with van der Waals surface area (Å²) < 4.78 is 95.9. The first-order valence-electron chi connectivity index (χ1n) is 13.3. The zero-order valence-electron chi connectivity index (χ0n) is 23.2. The second-order valence-corrected chi connectivity index (χ2v) is 13.7. The second kappa shape index (κ2) is 13.0. The molecule has 1 aliphatic rings. The van der Waals surface area contributed by atoms with Gasteiger partial charge in [0.05, 0.1) is 35.4 Å². The van der Waals surface area contributed by atoms with Gasteiger partial charge >= 0.3 is 6.18 Å². The number of nitrogens with one attached hydrogen (secondary N) is 2. The maximum Gasteiger partial charge on any atom is 0.416 e. The van der Waals surface area contributed by atoms with Gasteiger partial charge in [-0.15, -0.1) is 0 Å². The second-order valence-electron chi connectivity index (χ2n) is 10.3. The Morgan fingerprint density at radius 1 is 1.02 bits per heavy atom. The summed E-state index contributed by atoms with van der Waals surface area (Å²) in [6, 6.07) is 15.8. The van der Waals surface area contributed by atoms with Crippen LogP contribution in [0.4, 0.5) is 13.2 Å². The Kier molecular flexibility index (Phi) is 9.79. The third-order valence-electron chi connectivity index (χ3n) is 7.01. The highest BCUT2D eigenvalue weighted by Crippen LogP contribution is 2.33. The van der Waals surface area contributed by atoms with Crippen molar-refractivity contribution in [3.8, 4) is 0 Å². The third kappa shape index (κ3) is 8.75. The van der Waals surface area contributed by atoms with Crippen molar-refractivity contribution in [3.63, 3.8) is 0 Å². The summed E-state index contributed by atoms with van der Waals surface area (Å²) >= 11 is 0. The predicted molar refractivity (Wildman–Crippen MR) is 156 cm³/mol. The average Bonchev–Trinajstić information content (AvgIpc) is 2.95. The zero-order valence-corrected chi connectivity index (χ0v) is 24.9. The van der Waals surface area contributed by atoms with Crippen molar-refractivity contribution in [1.29, 1.82) is 0 Å². The number of hydrogen-bond acceptors (Lipinski definition) is 6. The smallest absolute Gasteiger partial charge is 0.349 e. The Balaban J connectivity index is 1.51. The minimum atomic E-state index is -4.72. The van der Waals surface area contributed by atoms with Gasteiger partial charge in [-0.3, -0.25) is 8.98 Å². The average molecular weight is 637 g/mol. The van der Waals surface area contributed by atoms with Gasteiger partial charge in [-0.05, 0) is 65.3 Å². The number of hydrogen-bond donors (Lipinski definition) is 2. The Hall–Kier alpha value is -3.52. The van der Waals surface area contributed by atoms with E-state index in [1.54, 1.807) is 36.4 Å². The standard InChI is InChI=1S/C30H31F3N2O6S2/c1-20(19-41-42(2,37)38)22-14-15-26-23(16-22)10-6-13-27(26)34-29(36)18-28(21-8-4-3-5-9-21)35-43(39,40)25-12-7-11-24(17-25)30(31,32)33/h3-5,7-9,11-12,14-17,27-28,35H,1,6,10,13,18-19H2,2H3,(H,34,36). The van der Waals surface area contributed by atoms with E-state index in [9.17, 15) is 34.8 Å². The van der Waals surface area contributed by atoms with Crippen molar-refractivity contribution in [2.24, 2.45) is 0 Å². The fourth-order valence-electron chi connectivity index (χ4n) is 4.89. The first-order chi connectivity index (χ1) is 20.1. The van der Waals surface area contributed by atoms with E-state index in [-0.39, 0.29) is 19.1 Å². The van der Waals surface area contributed by atoms with Gasteiger partial charge < -0.3 is 5.32 Å². The van der Waals surface area contributed by atoms with Gasteiger partial charge in [0.2, 0.25) is 15.9 Å². The lowest BCUT2D eigenvalue weighted by molar-refractivity contribution is -0.137. The Morgan fingerprint density at radius 2 is 1.74 bits per heavy atom. The van der Waals surface area contributed by atoms with E-state index in [0.717, 1.165) is 48.4 Å². The number of aryl methyl sites for hydroxylation is 1. The fraction of sp³-hybridized carbons (Fsp3) is 0.300. The molecular formula is C30H31F3N2O6S2. The van der Waals surface area contributed by atoms with E-state index in [4.69, 9.17) is 4.18 Å². The molecule has 0 fully saturated rings. The topological polar surface area (TPSA) is 119 Å². The van der Waals surface area contributed by atoms with Gasteiger partial charge in [0.25, 0.3) is 10.1 Å². The normalized spacial score (nSPS) is 16.2. The molecule has 2 atom stereocenters. The molecule has 0 heterocycles. The van der Waals surface area contributed by atoms with Crippen LogP contribution >= 0.6 is 0 Å². The summed E-state index contributed by atoms with van der Waals surface area (Å²) in [4.78, 5) is 12.7. The van der Waals surface area contributed by atoms with Gasteiger partial charge in [-0.2, -0.15) is 21.6 Å². The summed E-state index contributed by atoms with van der Waals surface area (Å²) in [5.41, 5.74) is 2.40. The highest BCUT2D eigenvalue weighted by molar-refractivity contribution is 7.89. The number of alkyl halides is 3. The van der Waals surface area contributed by atoms with E-state index >= 15 is 0 Å². The molecule has 0 saturated carbocycles. The Bertz CT molecular complexity index is 1710. The first kappa shape index (κ1) is 32.4. The molecule has 2 unspecified atom stereocenters. The highest BCUT2D eigenvalue weighted by atomic mass is 32.2. The molecule has 1 aliphatic carbocycles. The molecule has 0 aliphatic heterocycles. The monoisotopic (exact) mass is 636 g/mol. The predicted octanol–water partition coefficient (Wildman–Crippen LogP) is 5.30. The molecule has 0 spiro atoms. The lowest BCUT2D eigenvalue weighted by Crippen LogP contribution is -2.36. The molecule has 3 aromatic rings. The lowest BCUT2D eigenvalue weighted by atomic mass is 9.85. The van der Waals surface area contributed by atoms with Gasteiger partial charge in [0.15, 0.2) is 0 Å². The quantitative estimate of drug-likeness (QED) is 0.276. The summed E-state index contributed by atoms with van der Waals surface area (Å²) in [5.74, 6) is -0.450. The van der Waals surface area contributed by atoms with Gasteiger partial charge in [0, 0.05) is 6.42 Å². The summed E-state index contributed by atoms with van der Waals surface area (Å²) in [6.45, 7) is 3.72. The van der Waals surface area contributed by atoms with Crippen molar-refractivity contribution in [3.05, 3.63) is 107 Å². The van der Waals surface area contributed by atoms with Gasteiger partial charge in [-0.1, -0.05) is 61.2 Å². The van der Waals surface area contributed by atoms with Crippen LogP contribution in [0.25, 0.3) is 5.57 Å². The van der Waals surface area contributed by atoms with Crippen molar-refractivity contribution in [1.82, 2.24) is 10.0 Å². The maximum atomic E-state index is 13.3. The van der Waals surface area contributed by atoms with Crippen LogP contribution in [0.2, 0.25) is 0 Å². The van der Waals surface area contributed by atoms with Crippen LogP contribution in [-0.2, 0) is 41.7 Å². The molecule has 4 rings (SSSR count). The minimum Gasteiger partial charge on any atom is -0.349 e. The molecule has 1 amide bonds. The lowest BCUT2D eigenvalue weighted by Gasteiger charge is -2.28. The third-order valence-corrected chi connectivity index (χ3v) is 9.02. The highest BCUT2D eigenvalue weighted by Gasteiger charge is 2.33. The molecule has 230 valence electrons. The number of sulfonamides is 1. The van der Waals surface area contributed by atoms with Gasteiger partial charge in [-0.25, -0.2) is 13.1 Å². The van der Waals surface area contributed by atoms with Crippen LogP contribution in [0.15, 0.2) is 84.3 Å². The van der Waals surface area contributed by atoms with E-state index in [0.29, 0.717) is 29.2 Å². The number of amides is 1. The Labute approximate surface area is 249 Å². The first-order valence-corrected chi connectivity index (χ1v) is 16.6. The number of carbonyl (C=O) groups excluding carboxylic acids is 1. The molecule has 13 heteroatoms.